The van der Waals surface area contributed by atoms with Crippen LogP contribution in [0.4, 0.5) is 0 Å². The molecule has 2 aromatic heterocycles. The number of hydrogen-bond acceptors (Lipinski definition) is 3. The molecule has 0 amide bonds. The molecular formula is C14H17N3O2. The summed E-state index contributed by atoms with van der Waals surface area (Å²) in [5.41, 5.74) is 1.72. The number of carbonyl (C=O) groups is 1. The summed E-state index contributed by atoms with van der Waals surface area (Å²) in [7, 11) is 0. The second-order valence-electron chi connectivity index (χ2n) is 5.60. The summed E-state index contributed by atoms with van der Waals surface area (Å²) in [6.45, 7) is 4.32. The Labute approximate surface area is 111 Å². The van der Waals surface area contributed by atoms with E-state index in [4.69, 9.17) is 5.11 Å². The molecule has 3 rings (SSSR count). The van der Waals surface area contributed by atoms with Crippen LogP contribution in [0, 0.1) is 5.92 Å². The molecule has 0 unspecified atom stereocenters. The van der Waals surface area contributed by atoms with Gasteiger partial charge in [-0.15, -0.1) is 0 Å². The highest BCUT2D eigenvalue weighted by Gasteiger charge is 2.29. The minimum atomic E-state index is -0.958. The van der Waals surface area contributed by atoms with Gasteiger partial charge in [-0.1, -0.05) is 13.8 Å². The first-order valence-corrected chi connectivity index (χ1v) is 6.66. The summed E-state index contributed by atoms with van der Waals surface area (Å²) in [5.74, 6) is 0.594. The van der Waals surface area contributed by atoms with Gasteiger partial charge in [0, 0.05) is 18.7 Å². The van der Waals surface area contributed by atoms with Gasteiger partial charge in [0.15, 0.2) is 5.65 Å². The predicted octanol–water partition coefficient (Wildman–Crippen LogP) is 2.66. The Morgan fingerprint density at radius 1 is 1.53 bits per heavy atom. The summed E-state index contributed by atoms with van der Waals surface area (Å²) in [4.78, 5) is 19.9. The van der Waals surface area contributed by atoms with Crippen molar-refractivity contribution in [2.45, 2.75) is 39.2 Å². The lowest BCUT2D eigenvalue weighted by Gasteiger charge is -2.08. The Morgan fingerprint density at radius 2 is 2.26 bits per heavy atom. The van der Waals surface area contributed by atoms with Crippen LogP contribution in [0.3, 0.4) is 0 Å². The number of carboxylic acids is 1. The van der Waals surface area contributed by atoms with Crippen molar-refractivity contribution in [3.05, 3.63) is 23.7 Å². The zero-order valence-corrected chi connectivity index (χ0v) is 11.1. The summed E-state index contributed by atoms with van der Waals surface area (Å²) in [6, 6.07) is 2.12. The standard InChI is InChI=1S/C14H17N3O2/c1-8(2)5-12-16-11-6-9(14(18)19)7-15-13(11)17(12)10-3-4-10/h6-8,10H,3-5H2,1-2H3,(H,18,19). The van der Waals surface area contributed by atoms with E-state index in [2.05, 4.69) is 28.4 Å². The van der Waals surface area contributed by atoms with Crippen LogP contribution in [0.15, 0.2) is 12.3 Å². The number of nitrogens with zero attached hydrogens (tertiary/aromatic N) is 3. The zero-order chi connectivity index (χ0) is 13.6. The zero-order valence-electron chi connectivity index (χ0n) is 11.1. The van der Waals surface area contributed by atoms with Crippen molar-refractivity contribution < 1.29 is 9.90 Å². The minimum absolute atomic E-state index is 0.198. The average molecular weight is 259 g/mol. The molecule has 0 aromatic carbocycles. The van der Waals surface area contributed by atoms with Gasteiger partial charge in [-0.3, -0.25) is 0 Å². The van der Waals surface area contributed by atoms with Crippen molar-refractivity contribution in [3.63, 3.8) is 0 Å². The quantitative estimate of drug-likeness (QED) is 0.916. The third kappa shape index (κ3) is 2.20. The first kappa shape index (κ1) is 12.1. The van der Waals surface area contributed by atoms with E-state index in [1.54, 1.807) is 6.07 Å². The fourth-order valence-corrected chi connectivity index (χ4v) is 2.37. The Kier molecular flexibility index (Phi) is 2.77. The molecule has 1 aliphatic carbocycles. The molecule has 2 heterocycles. The van der Waals surface area contributed by atoms with Crippen molar-refractivity contribution in [1.82, 2.24) is 14.5 Å². The van der Waals surface area contributed by atoms with Crippen molar-refractivity contribution >= 4 is 17.1 Å². The van der Waals surface area contributed by atoms with Gasteiger partial charge < -0.3 is 9.67 Å². The molecule has 1 fully saturated rings. The Hall–Kier alpha value is -1.91. The van der Waals surface area contributed by atoms with Crippen LogP contribution >= 0.6 is 0 Å². The molecule has 1 N–H and O–H groups in total. The molecule has 0 spiro atoms. The third-order valence-corrected chi connectivity index (χ3v) is 3.35. The molecule has 0 aliphatic heterocycles. The van der Waals surface area contributed by atoms with Gasteiger partial charge in [-0.05, 0) is 24.8 Å². The third-order valence-electron chi connectivity index (χ3n) is 3.35. The van der Waals surface area contributed by atoms with E-state index in [-0.39, 0.29) is 5.56 Å². The Bertz CT molecular complexity index is 641. The number of aromatic nitrogens is 3. The van der Waals surface area contributed by atoms with E-state index in [0.29, 0.717) is 17.5 Å². The topological polar surface area (TPSA) is 68.0 Å². The highest BCUT2D eigenvalue weighted by Crippen LogP contribution is 2.38. The number of aromatic carboxylic acids is 1. The van der Waals surface area contributed by atoms with Gasteiger partial charge in [-0.25, -0.2) is 14.8 Å². The Morgan fingerprint density at radius 3 is 2.84 bits per heavy atom. The summed E-state index contributed by atoms with van der Waals surface area (Å²) in [5, 5.41) is 9.01. The van der Waals surface area contributed by atoms with E-state index in [9.17, 15) is 4.79 Å². The highest BCUT2D eigenvalue weighted by atomic mass is 16.4. The van der Waals surface area contributed by atoms with E-state index in [1.807, 2.05) is 0 Å². The number of pyridine rings is 1. The van der Waals surface area contributed by atoms with E-state index in [0.717, 1.165) is 17.9 Å². The van der Waals surface area contributed by atoms with E-state index >= 15 is 0 Å². The minimum Gasteiger partial charge on any atom is -0.478 e. The fraction of sp³-hybridized carbons (Fsp3) is 0.500. The lowest BCUT2D eigenvalue weighted by Crippen LogP contribution is -2.06. The SMILES string of the molecule is CC(C)Cc1nc2cc(C(=O)O)cnc2n1C1CC1. The molecule has 0 bridgehead atoms. The average Bonchev–Trinajstić information content (AvgIpc) is 3.09. The number of fused-ring (bicyclic) bond motifs is 1. The van der Waals surface area contributed by atoms with Crippen LogP contribution < -0.4 is 0 Å². The molecular weight excluding hydrogens is 242 g/mol. The first-order valence-electron chi connectivity index (χ1n) is 6.66. The predicted molar refractivity (Wildman–Crippen MR) is 71.3 cm³/mol. The first-order chi connectivity index (χ1) is 9.06. The Balaban J connectivity index is 2.14. The van der Waals surface area contributed by atoms with Crippen LogP contribution in [0.2, 0.25) is 0 Å². The monoisotopic (exact) mass is 259 g/mol. The number of imidazole rings is 1. The molecule has 0 atom stereocenters. The molecule has 100 valence electrons. The van der Waals surface area contributed by atoms with Crippen LogP contribution in [0.1, 0.15) is 48.9 Å². The van der Waals surface area contributed by atoms with Gasteiger partial charge in [-0.2, -0.15) is 0 Å². The van der Waals surface area contributed by atoms with Gasteiger partial charge >= 0.3 is 5.97 Å². The molecule has 0 saturated heterocycles. The number of hydrogen-bond donors (Lipinski definition) is 1. The summed E-state index contributed by atoms with van der Waals surface area (Å²) < 4.78 is 2.20. The maximum absolute atomic E-state index is 11.0. The molecule has 5 heteroatoms. The fourth-order valence-electron chi connectivity index (χ4n) is 2.37. The lowest BCUT2D eigenvalue weighted by atomic mass is 10.1. The second kappa shape index (κ2) is 4.33. The normalized spacial score (nSPS) is 15.3. The van der Waals surface area contributed by atoms with Crippen LogP contribution in [0.5, 0.6) is 0 Å². The summed E-state index contributed by atoms with van der Waals surface area (Å²) >= 11 is 0. The molecule has 2 aromatic rings. The highest BCUT2D eigenvalue weighted by molar-refractivity contribution is 5.90. The van der Waals surface area contributed by atoms with E-state index < -0.39 is 5.97 Å². The van der Waals surface area contributed by atoms with Gasteiger partial charge in [0.2, 0.25) is 0 Å². The van der Waals surface area contributed by atoms with Crippen LogP contribution in [-0.2, 0) is 6.42 Å². The number of rotatable bonds is 4. The number of carboxylic acid groups (broad SMARTS) is 1. The largest absolute Gasteiger partial charge is 0.478 e. The van der Waals surface area contributed by atoms with Gasteiger partial charge in [0.05, 0.1) is 5.56 Å². The molecule has 0 radical (unpaired) electrons. The second-order valence-corrected chi connectivity index (χ2v) is 5.60. The molecule has 1 saturated carbocycles. The maximum atomic E-state index is 11.0. The van der Waals surface area contributed by atoms with Gasteiger partial charge in [0.1, 0.15) is 11.3 Å². The van der Waals surface area contributed by atoms with Crippen LogP contribution in [0.25, 0.3) is 11.2 Å². The van der Waals surface area contributed by atoms with Crippen molar-refractivity contribution in [1.29, 1.82) is 0 Å². The van der Waals surface area contributed by atoms with Gasteiger partial charge in [0.25, 0.3) is 0 Å². The maximum Gasteiger partial charge on any atom is 0.337 e. The molecule has 5 nitrogen and oxygen atoms in total. The lowest BCUT2D eigenvalue weighted by molar-refractivity contribution is 0.0696. The summed E-state index contributed by atoms with van der Waals surface area (Å²) in [6.07, 6.45) is 4.65. The van der Waals surface area contributed by atoms with Crippen molar-refractivity contribution in [2.75, 3.05) is 0 Å². The van der Waals surface area contributed by atoms with E-state index in [1.165, 1.54) is 19.0 Å². The van der Waals surface area contributed by atoms with Crippen LogP contribution in [-0.4, -0.2) is 25.6 Å². The molecule has 1 aliphatic rings. The molecule has 19 heavy (non-hydrogen) atoms. The smallest absolute Gasteiger partial charge is 0.337 e. The van der Waals surface area contributed by atoms with Crippen molar-refractivity contribution in [3.8, 4) is 0 Å². The van der Waals surface area contributed by atoms with Crippen molar-refractivity contribution in [2.24, 2.45) is 5.92 Å².